The van der Waals surface area contributed by atoms with Gasteiger partial charge in [-0.2, -0.15) is 0 Å². The Morgan fingerprint density at radius 3 is 2.61 bits per heavy atom. The lowest BCUT2D eigenvalue weighted by Gasteiger charge is -2.27. The van der Waals surface area contributed by atoms with E-state index < -0.39 is 24.0 Å². The van der Waals surface area contributed by atoms with Crippen LogP contribution in [-0.4, -0.2) is 43.6 Å². The lowest BCUT2D eigenvalue weighted by Crippen LogP contribution is -2.47. The first-order valence-corrected chi connectivity index (χ1v) is 10.4. The molecule has 0 spiro atoms. The quantitative estimate of drug-likeness (QED) is 0.493. The highest BCUT2D eigenvalue weighted by atomic mass is 16.5. The van der Waals surface area contributed by atoms with Crippen LogP contribution in [0.25, 0.3) is 0 Å². The number of furan rings is 1. The molecule has 3 N–H and O–H groups in total. The first-order chi connectivity index (χ1) is 15.9. The largest absolute Gasteiger partial charge is 0.467 e. The summed E-state index contributed by atoms with van der Waals surface area (Å²) in [5.41, 5.74) is 1.52. The third-order valence-electron chi connectivity index (χ3n) is 4.86. The van der Waals surface area contributed by atoms with E-state index in [0.29, 0.717) is 11.3 Å². The van der Waals surface area contributed by atoms with Crippen LogP contribution in [0.5, 0.6) is 0 Å². The molecule has 0 fully saturated rings. The number of ether oxygens (including phenoxy) is 2. The molecule has 0 bridgehead atoms. The molecule has 0 radical (unpaired) electrons. The van der Waals surface area contributed by atoms with Gasteiger partial charge >= 0.3 is 18.0 Å². The van der Waals surface area contributed by atoms with E-state index in [4.69, 9.17) is 13.9 Å². The number of aryl methyl sites for hydroxylation is 1. The molecular formula is C23H25N3O7. The standard InChI is InChI=1S/C23H25N3O7/c1-3-31-22(29)19-16(25-23(30)26-20(19)17-9-6-12-32-17)13-33-18(27)10-11-24-21(28)15-8-5-4-7-14(15)2/h4-9,12,20H,3,10-11,13H2,1-2H3,(H,24,28)(H2,25,26,30). The maximum atomic E-state index is 12.6. The van der Waals surface area contributed by atoms with Crippen LogP contribution in [-0.2, 0) is 19.1 Å². The number of carbonyl (C=O) groups excluding carboxylic acids is 4. The lowest BCUT2D eigenvalue weighted by atomic mass is 10.0. The van der Waals surface area contributed by atoms with Gasteiger partial charge in [-0.15, -0.1) is 0 Å². The van der Waals surface area contributed by atoms with Crippen LogP contribution in [0.4, 0.5) is 4.79 Å². The van der Waals surface area contributed by atoms with Crippen molar-refractivity contribution in [2.75, 3.05) is 19.8 Å². The topological polar surface area (TPSA) is 136 Å². The average Bonchev–Trinajstić information content (AvgIpc) is 3.32. The molecule has 1 aromatic carbocycles. The minimum atomic E-state index is -0.894. The molecule has 0 aliphatic carbocycles. The second-order valence-corrected chi connectivity index (χ2v) is 7.14. The summed E-state index contributed by atoms with van der Waals surface area (Å²) in [4.78, 5) is 49.1. The van der Waals surface area contributed by atoms with Crippen LogP contribution < -0.4 is 16.0 Å². The summed E-state index contributed by atoms with van der Waals surface area (Å²) in [6.45, 7) is 3.30. The SMILES string of the molecule is CCOC(=O)C1=C(COC(=O)CCNC(=O)c2ccccc2C)NC(=O)NC1c1ccco1. The Morgan fingerprint density at radius 2 is 1.91 bits per heavy atom. The second-order valence-electron chi connectivity index (χ2n) is 7.14. The number of benzene rings is 1. The smallest absolute Gasteiger partial charge is 0.338 e. The molecule has 10 nitrogen and oxygen atoms in total. The van der Waals surface area contributed by atoms with E-state index in [-0.39, 0.29) is 43.4 Å². The normalized spacial score (nSPS) is 15.3. The summed E-state index contributed by atoms with van der Waals surface area (Å²) in [6, 6.07) is 8.86. The number of hydrogen-bond donors (Lipinski definition) is 3. The minimum absolute atomic E-state index is 0.0682. The zero-order valence-corrected chi connectivity index (χ0v) is 18.3. The van der Waals surface area contributed by atoms with E-state index in [1.807, 2.05) is 19.1 Å². The van der Waals surface area contributed by atoms with E-state index in [2.05, 4.69) is 16.0 Å². The van der Waals surface area contributed by atoms with E-state index in [1.54, 1.807) is 31.2 Å². The van der Waals surface area contributed by atoms with Crippen molar-refractivity contribution >= 4 is 23.9 Å². The molecule has 1 aromatic heterocycles. The summed E-state index contributed by atoms with van der Waals surface area (Å²) >= 11 is 0. The fourth-order valence-electron chi connectivity index (χ4n) is 3.28. The Hall–Kier alpha value is -4.08. The Balaban J connectivity index is 1.63. The Morgan fingerprint density at radius 1 is 1.12 bits per heavy atom. The van der Waals surface area contributed by atoms with Crippen LogP contribution in [0.15, 0.2) is 58.3 Å². The number of urea groups is 1. The van der Waals surface area contributed by atoms with Gasteiger partial charge in [0.25, 0.3) is 5.91 Å². The van der Waals surface area contributed by atoms with Crippen molar-refractivity contribution in [3.63, 3.8) is 0 Å². The number of rotatable bonds is 9. The van der Waals surface area contributed by atoms with Gasteiger partial charge in [-0.1, -0.05) is 18.2 Å². The van der Waals surface area contributed by atoms with E-state index in [0.717, 1.165) is 5.56 Å². The third-order valence-corrected chi connectivity index (χ3v) is 4.86. The lowest BCUT2D eigenvalue weighted by molar-refractivity contribution is -0.143. The molecule has 1 atom stereocenters. The molecule has 2 heterocycles. The zero-order valence-electron chi connectivity index (χ0n) is 18.3. The highest BCUT2D eigenvalue weighted by Crippen LogP contribution is 2.28. The monoisotopic (exact) mass is 455 g/mol. The number of carbonyl (C=O) groups is 4. The molecule has 33 heavy (non-hydrogen) atoms. The summed E-state index contributed by atoms with van der Waals surface area (Å²) in [6.07, 6.45) is 1.32. The fourth-order valence-corrected chi connectivity index (χ4v) is 3.28. The van der Waals surface area contributed by atoms with Crippen molar-refractivity contribution in [3.05, 3.63) is 70.8 Å². The van der Waals surface area contributed by atoms with Crippen LogP contribution >= 0.6 is 0 Å². The molecule has 1 aliphatic heterocycles. The Labute approximate surface area is 190 Å². The van der Waals surface area contributed by atoms with Gasteiger partial charge in [0.15, 0.2) is 0 Å². The molecule has 3 amide bonds. The molecule has 0 saturated carbocycles. The Kier molecular flexibility index (Phi) is 7.85. The van der Waals surface area contributed by atoms with Gasteiger partial charge in [-0.05, 0) is 37.6 Å². The van der Waals surface area contributed by atoms with Crippen LogP contribution in [0.3, 0.4) is 0 Å². The van der Waals surface area contributed by atoms with E-state index in [1.165, 1.54) is 6.26 Å². The van der Waals surface area contributed by atoms with Crippen molar-refractivity contribution < 1.29 is 33.1 Å². The van der Waals surface area contributed by atoms with Gasteiger partial charge in [0.2, 0.25) is 0 Å². The summed E-state index contributed by atoms with van der Waals surface area (Å²) in [7, 11) is 0. The first kappa shape index (κ1) is 23.6. The number of esters is 2. The molecule has 10 heteroatoms. The number of nitrogens with one attached hydrogen (secondary N) is 3. The zero-order chi connectivity index (χ0) is 23.8. The molecule has 1 unspecified atom stereocenters. The molecular weight excluding hydrogens is 430 g/mol. The molecule has 3 rings (SSSR count). The summed E-state index contributed by atoms with van der Waals surface area (Å²) < 4.78 is 15.7. The second kappa shape index (κ2) is 11.0. The van der Waals surface area contributed by atoms with Crippen molar-refractivity contribution in [3.8, 4) is 0 Å². The summed E-state index contributed by atoms with van der Waals surface area (Å²) in [5.74, 6) is -1.25. The predicted molar refractivity (Wildman–Crippen MR) is 116 cm³/mol. The highest BCUT2D eigenvalue weighted by Gasteiger charge is 2.35. The van der Waals surface area contributed by atoms with Crippen molar-refractivity contribution in [2.45, 2.75) is 26.3 Å². The van der Waals surface area contributed by atoms with E-state index >= 15 is 0 Å². The Bertz CT molecular complexity index is 1060. The van der Waals surface area contributed by atoms with Gasteiger partial charge in [0, 0.05) is 12.1 Å². The van der Waals surface area contributed by atoms with Gasteiger partial charge in [-0.25, -0.2) is 9.59 Å². The maximum absolute atomic E-state index is 12.6. The van der Waals surface area contributed by atoms with Crippen molar-refractivity contribution in [2.24, 2.45) is 0 Å². The fraction of sp³-hybridized carbons (Fsp3) is 0.304. The average molecular weight is 455 g/mol. The molecule has 174 valence electrons. The van der Waals surface area contributed by atoms with Crippen LogP contribution in [0.2, 0.25) is 0 Å². The highest BCUT2D eigenvalue weighted by molar-refractivity contribution is 5.96. The first-order valence-electron chi connectivity index (χ1n) is 10.4. The maximum Gasteiger partial charge on any atom is 0.338 e. The van der Waals surface area contributed by atoms with Gasteiger partial charge in [-0.3, -0.25) is 9.59 Å². The van der Waals surface area contributed by atoms with Crippen LogP contribution in [0, 0.1) is 6.92 Å². The molecule has 0 saturated heterocycles. The molecule has 1 aliphatic rings. The number of hydrogen-bond acceptors (Lipinski definition) is 7. The predicted octanol–water partition coefficient (Wildman–Crippen LogP) is 2.12. The van der Waals surface area contributed by atoms with Gasteiger partial charge in [0.05, 0.1) is 30.6 Å². The number of amides is 3. The van der Waals surface area contributed by atoms with Gasteiger partial charge < -0.3 is 29.8 Å². The summed E-state index contributed by atoms with van der Waals surface area (Å²) in [5, 5.41) is 7.76. The third kappa shape index (κ3) is 6.00. The van der Waals surface area contributed by atoms with Crippen LogP contribution in [0.1, 0.15) is 41.1 Å². The minimum Gasteiger partial charge on any atom is -0.467 e. The molecule has 2 aromatic rings. The van der Waals surface area contributed by atoms with E-state index in [9.17, 15) is 19.2 Å². The van der Waals surface area contributed by atoms with Crippen molar-refractivity contribution in [1.29, 1.82) is 0 Å². The van der Waals surface area contributed by atoms with Crippen molar-refractivity contribution in [1.82, 2.24) is 16.0 Å². The van der Waals surface area contributed by atoms with Gasteiger partial charge in [0.1, 0.15) is 18.4 Å².